The summed E-state index contributed by atoms with van der Waals surface area (Å²) in [5.41, 5.74) is 1.04. The Hall–Kier alpha value is -2.47. The Morgan fingerprint density at radius 1 is 1.16 bits per heavy atom. The van der Waals surface area contributed by atoms with Gasteiger partial charge in [0.2, 0.25) is 6.17 Å². The van der Waals surface area contributed by atoms with Crippen molar-refractivity contribution in [3.8, 4) is 16.9 Å². The lowest BCUT2D eigenvalue weighted by molar-refractivity contribution is -0.134. The van der Waals surface area contributed by atoms with Gasteiger partial charge in [-0.1, -0.05) is 41.9 Å². The monoisotopic (exact) mass is 368 g/mol. The van der Waals surface area contributed by atoms with Crippen molar-refractivity contribution in [1.29, 1.82) is 0 Å². The maximum Gasteiger partial charge on any atom is 0.335 e. The van der Waals surface area contributed by atoms with Gasteiger partial charge in [0.25, 0.3) is 6.43 Å². The number of fused-ring (bicyclic) bond motifs is 1. The third kappa shape index (κ3) is 3.35. The Morgan fingerprint density at radius 2 is 1.84 bits per heavy atom. The molecule has 0 saturated heterocycles. The molecular weight excluding hydrogens is 357 g/mol. The molecule has 2 aromatic rings. The summed E-state index contributed by atoms with van der Waals surface area (Å²) in [5.74, 6) is -1.43. The van der Waals surface area contributed by atoms with Crippen LogP contribution < -0.4 is 4.74 Å². The molecule has 2 aromatic carbocycles. The minimum absolute atomic E-state index is 0.0987. The number of alkyl halides is 3. The number of ether oxygens (including phenoxy) is 1. The van der Waals surface area contributed by atoms with E-state index in [0.717, 1.165) is 11.6 Å². The highest BCUT2D eigenvalue weighted by Crippen LogP contribution is 2.39. The van der Waals surface area contributed by atoms with Gasteiger partial charge in [-0.2, -0.15) is 0 Å². The van der Waals surface area contributed by atoms with Crippen molar-refractivity contribution in [2.75, 3.05) is 0 Å². The van der Waals surface area contributed by atoms with Crippen molar-refractivity contribution < 1.29 is 27.8 Å². The van der Waals surface area contributed by atoms with Gasteiger partial charge in [-0.3, -0.25) is 0 Å². The molecule has 1 aliphatic heterocycles. The van der Waals surface area contributed by atoms with Gasteiger partial charge in [0, 0.05) is 16.1 Å². The SMILES string of the molecule is O=C(O)C1=Cc2cc(Cl)c(-c3ccccc3)cc2OC1C(F)C(F)F. The highest BCUT2D eigenvalue weighted by atomic mass is 35.5. The summed E-state index contributed by atoms with van der Waals surface area (Å²) in [7, 11) is 0. The summed E-state index contributed by atoms with van der Waals surface area (Å²) < 4.78 is 44.6. The first-order valence-electron chi connectivity index (χ1n) is 7.31. The summed E-state index contributed by atoms with van der Waals surface area (Å²) in [5, 5.41) is 9.51. The molecule has 0 aliphatic carbocycles. The van der Waals surface area contributed by atoms with Gasteiger partial charge in [-0.05, 0) is 23.8 Å². The average molecular weight is 369 g/mol. The van der Waals surface area contributed by atoms with E-state index < -0.39 is 30.2 Å². The highest BCUT2D eigenvalue weighted by molar-refractivity contribution is 6.33. The number of carboxylic acids is 1. The molecule has 1 heterocycles. The lowest BCUT2D eigenvalue weighted by Crippen LogP contribution is -2.39. The van der Waals surface area contributed by atoms with E-state index in [0.29, 0.717) is 16.1 Å². The molecule has 2 unspecified atom stereocenters. The predicted octanol–water partition coefficient (Wildman–Crippen LogP) is 4.84. The fraction of sp³-hybridized carbons (Fsp3) is 0.167. The van der Waals surface area contributed by atoms with Crippen LogP contribution in [0, 0.1) is 0 Å². The maximum absolute atomic E-state index is 13.8. The number of carbonyl (C=O) groups is 1. The number of carboxylic acid groups (broad SMARTS) is 1. The van der Waals surface area contributed by atoms with Crippen LogP contribution in [0.5, 0.6) is 5.75 Å². The number of hydrogen-bond acceptors (Lipinski definition) is 2. The first-order valence-corrected chi connectivity index (χ1v) is 7.69. The highest BCUT2D eigenvalue weighted by Gasteiger charge is 2.39. The molecule has 0 fully saturated rings. The molecule has 7 heteroatoms. The van der Waals surface area contributed by atoms with Gasteiger partial charge in [0.05, 0.1) is 5.57 Å². The number of aliphatic carboxylic acids is 1. The van der Waals surface area contributed by atoms with E-state index in [1.165, 1.54) is 12.1 Å². The van der Waals surface area contributed by atoms with E-state index in [1.807, 2.05) is 6.07 Å². The normalized spacial score (nSPS) is 17.5. The van der Waals surface area contributed by atoms with Gasteiger partial charge in [-0.25, -0.2) is 18.0 Å². The summed E-state index contributed by atoms with van der Waals surface area (Å²) in [6.07, 6.45) is -6.90. The molecule has 3 rings (SSSR count). The van der Waals surface area contributed by atoms with E-state index in [4.69, 9.17) is 16.3 Å². The quantitative estimate of drug-likeness (QED) is 0.840. The van der Waals surface area contributed by atoms with Gasteiger partial charge >= 0.3 is 5.97 Å². The summed E-state index contributed by atoms with van der Waals surface area (Å²) in [6.45, 7) is 0. The first kappa shape index (κ1) is 17.4. The average Bonchev–Trinajstić information content (AvgIpc) is 2.60. The zero-order chi connectivity index (χ0) is 18.1. The van der Waals surface area contributed by atoms with Crippen LogP contribution in [0.1, 0.15) is 5.56 Å². The topological polar surface area (TPSA) is 46.5 Å². The van der Waals surface area contributed by atoms with Crippen LogP contribution >= 0.6 is 11.6 Å². The van der Waals surface area contributed by atoms with Crippen LogP contribution in [0.3, 0.4) is 0 Å². The molecule has 0 spiro atoms. The Kier molecular flexibility index (Phi) is 4.72. The smallest absolute Gasteiger partial charge is 0.335 e. The number of hydrogen-bond donors (Lipinski definition) is 1. The van der Waals surface area contributed by atoms with Crippen LogP contribution in [-0.2, 0) is 4.79 Å². The molecule has 25 heavy (non-hydrogen) atoms. The Balaban J connectivity index is 2.09. The van der Waals surface area contributed by atoms with Crippen molar-refractivity contribution in [3.05, 3.63) is 58.6 Å². The van der Waals surface area contributed by atoms with E-state index in [-0.39, 0.29) is 5.75 Å². The van der Waals surface area contributed by atoms with Crippen LogP contribution in [0.15, 0.2) is 48.0 Å². The number of rotatable bonds is 4. The van der Waals surface area contributed by atoms with Gasteiger partial charge < -0.3 is 9.84 Å². The van der Waals surface area contributed by atoms with Crippen LogP contribution in [0.25, 0.3) is 17.2 Å². The molecule has 3 nitrogen and oxygen atoms in total. The third-order valence-electron chi connectivity index (χ3n) is 3.83. The Morgan fingerprint density at radius 3 is 2.44 bits per heavy atom. The summed E-state index contributed by atoms with van der Waals surface area (Å²) in [6, 6.07) is 12.0. The molecule has 1 N–H and O–H groups in total. The van der Waals surface area contributed by atoms with E-state index >= 15 is 0 Å². The van der Waals surface area contributed by atoms with Crippen molar-refractivity contribution in [1.82, 2.24) is 0 Å². The summed E-state index contributed by atoms with van der Waals surface area (Å²) >= 11 is 6.25. The fourth-order valence-corrected chi connectivity index (χ4v) is 2.91. The third-order valence-corrected chi connectivity index (χ3v) is 4.15. The molecule has 0 aromatic heterocycles. The molecular formula is C18H12ClF3O3. The van der Waals surface area contributed by atoms with Crippen molar-refractivity contribution in [2.45, 2.75) is 18.7 Å². The van der Waals surface area contributed by atoms with Crippen LogP contribution in [0.4, 0.5) is 13.2 Å². The van der Waals surface area contributed by atoms with Gasteiger partial charge in [0.15, 0.2) is 6.10 Å². The Labute approximate surface area is 146 Å². The second kappa shape index (κ2) is 6.80. The predicted molar refractivity (Wildman–Crippen MR) is 87.8 cm³/mol. The molecule has 0 amide bonds. The zero-order valence-corrected chi connectivity index (χ0v) is 13.4. The van der Waals surface area contributed by atoms with Crippen molar-refractivity contribution in [3.63, 3.8) is 0 Å². The molecule has 0 saturated carbocycles. The minimum atomic E-state index is -3.37. The summed E-state index contributed by atoms with van der Waals surface area (Å²) in [4.78, 5) is 11.3. The van der Waals surface area contributed by atoms with E-state index in [1.54, 1.807) is 24.3 Å². The van der Waals surface area contributed by atoms with Crippen molar-refractivity contribution in [2.24, 2.45) is 0 Å². The molecule has 2 atom stereocenters. The zero-order valence-electron chi connectivity index (χ0n) is 12.6. The molecule has 1 aliphatic rings. The standard InChI is InChI=1S/C18H12ClF3O3/c19-13-7-10-6-12(18(23)24)16(15(20)17(21)22)25-14(10)8-11(13)9-4-2-1-3-5-9/h1-8,15-17H,(H,23,24). The molecule has 130 valence electrons. The fourth-order valence-electron chi connectivity index (χ4n) is 2.62. The lowest BCUT2D eigenvalue weighted by Gasteiger charge is -2.28. The second-order valence-corrected chi connectivity index (χ2v) is 5.87. The van der Waals surface area contributed by atoms with E-state index in [2.05, 4.69) is 0 Å². The lowest BCUT2D eigenvalue weighted by atomic mass is 9.96. The van der Waals surface area contributed by atoms with Crippen LogP contribution in [0.2, 0.25) is 5.02 Å². The minimum Gasteiger partial charge on any atom is -0.481 e. The van der Waals surface area contributed by atoms with E-state index in [9.17, 15) is 23.1 Å². The number of halogens is 4. The van der Waals surface area contributed by atoms with Crippen LogP contribution in [-0.4, -0.2) is 29.8 Å². The second-order valence-electron chi connectivity index (χ2n) is 5.46. The number of benzene rings is 2. The molecule has 0 radical (unpaired) electrons. The van der Waals surface area contributed by atoms with Crippen molar-refractivity contribution >= 4 is 23.6 Å². The molecule has 0 bridgehead atoms. The maximum atomic E-state index is 13.8. The Bertz CT molecular complexity index is 837. The van der Waals surface area contributed by atoms with Gasteiger partial charge in [0.1, 0.15) is 5.75 Å². The largest absolute Gasteiger partial charge is 0.481 e. The first-order chi connectivity index (χ1) is 11.9. The van der Waals surface area contributed by atoms with Gasteiger partial charge in [-0.15, -0.1) is 0 Å².